The maximum absolute atomic E-state index is 5.93. The number of benzene rings is 1. The second kappa shape index (κ2) is 8.49. The van der Waals surface area contributed by atoms with Crippen LogP contribution in [0.4, 0.5) is 0 Å². The van der Waals surface area contributed by atoms with E-state index in [1.807, 2.05) is 18.7 Å². The third-order valence-electron chi connectivity index (χ3n) is 2.96. The third-order valence-corrected chi connectivity index (χ3v) is 3.95. The fourth-order valence-corrected chi connectivity index (χ4v) is 2.85. The van der Waals surface area contributed by atoms with Gasteiger partial charge in [-0.1, -0.05) is 19.1 Å². The molecule has 1 atom stereocenters. The average molecular weight is 281 g/mol. The van der Waals surface area contributed by atoms with E-state index < -0.39 is 0 Å². The SMILES string of the molecule is CCSCCCOc1c(C)cc(CC(C)N)cc1C. The Morgan fingerprint density at radius 3 is 2.42 bits per heavy atom. The van der Waals surface area contributed by atoms with Gasteiger partial charge >= 0.3 is 0 Å². The summed E-state index contributed by atoms with van der Waals surface area (Å²) in [5.74, 6) is 3.41. The number of hydrogen-bond acceptors (Lipinski definition) is 3. The molecule has 0 aliphatic carbocycles. The maximum atomic E-state index is 5.93. The van der Waals surface area contributed by atoms with Crippen molar-refractivity contribution in [2.45, 2.75) is 46.6 Å². The van der Waals surface area contributed by atoms with Gasteiger partial charge in [-0.15, -0.1) is 0 Å². The Hall–Kier alpha value is -0.670. The van der Waals surface area contributed by atoms with E-state index in [-0.39, 0.29) is 6.04 Å². The zero-order valence-electron chi connectivity index (χ0n) is 12.7. The van der Waals surface area contributed by atoms with E-state index in [2.05, 4.69) is 32.9 Å². The van der Waals surface area contributed by atoms with E-state index in [0.29, 0.717) is 0 Å². The van der Waals surface area contributed by atoms with Crippen molar-refractivity contribution >= 4 is 11.8 Å². The van der Waals surface area contributed by atoms with Crippen molar-refractivity contribution in [2.75, 3.05) is 18.1 Å². The minimum atomic E-state index is 0.205. The van der Waals surface area contributed by atoms with Gasteiger partial charge in [-0.25, -0.2) is 0 Å². The van der Waals surface area contributed by atoms with Gasteiger partial charge in [0.05, 0.1) is 6.61 Å². The number of thioether (sulfide) groups is 1. The van der Waals surface area contributed by atoms with Gasteiger partial charge in [0.25, 0.3) is 0 Å². The summed E-state index contributed by atoms with van der Waals surface area (Å²) in [5, 5.41) is 0. The highest BCUT2D eigenvalue weighted by atomic mass is 32.2. The Labute approximate surface area is 122 Å². The molecule has 19 heavy (non-hydrogen) atoms. The van der Waals surface area contributed by atoms with Crippen molar-refractivity contribution in [3.8, 4) is 5.75 Å². The summed E-state index contributed by atoms with van der Waals surface area (Å²) in [4.78, 5) is 0. The van der Waals surface area contributed by atoms with Crippen LogP contribution in [0.2, 0.25) is 0 Å². The van der Waals surface area contributed by atoms with E-state index >= 15 is 0 Å². The molecule has 2 nitrogen and oxygen atoms in total. The van der Waals surface area contributed by atoms with Crippen LogP contribution in [0, 0.1) is 13.8 Å². The molecular formula is C16H27NOS. The molecule has 0 fully saturated rings. The second-order valence-corrected chi connectivity index (χ2v) is 6.53. The van der Waals surface area contributed by atoms with E-state index in [1.165, 1.54) is 28.2 Å². The molecule has 0 aliphatic heterocycles. The van der Waals surface area contributed by atoms with Crippen LogP contribution < -0.4 is 10.5 Å². The highest BCUT2D eigenvalue weighted by molar-refractivity contribution is 7.99. The van der Waals surface area contributed by atoms with Gasteiger partial charge in [0.1, 0.15) is 5.75 Å². The fraction of sp³-hybridized carbons (Fsp3) is 0.625. The summed E-state index contributed by atoms with van der Waals surface area (Å²) in [7, 11) is 0. The van der Waals surface area contributed by atoms with Crippen molar-refractivity contribution in [3.63, 3.8) is 0 Å². The Balaban J connectivity index is 2.59. The van der Waals surface area contributed by atoms with Gasteiger partial charge in [0.15, 0.2) is 0 Å². The van der Waals surface area contributed by atoms with Gasteiger partial charge in [-0.3, -0.25) is 0 Å². The summed E-state index contributed by atoms with van der Waals surface area (Å²) >= 11 is 1.97. The van der Waals surface area contributed by atoms with Crippen LogP contribution in [-0.4, -0.2) is 24.2 Å². The Morgan fingerprint density at radius 1 is 1.26 bits per heavy atom. The molecule has 3 heteroatoms. The highest BCUT2D eigenvalue weighted by Gasteiger charge is 2.07. The van der Waals surface area contributed by atoms with Crippen LogP contribution in [0.5, 0.6) is 5.75 Å². The molecule has 2 N–H and O–H groups in total. The summed E-state index contributed by atoms with van der Waals surface area (Å²) in [5.41, 5.74) is 9.60. The molecule has 0 amide bonds. The van der Waals surface area contributed by atoms with Gasteiger partial charge < -0.3 is 10.5 Å². The first kappa shape index (κ1) is 16.4. The minimum absolute atomic E-state index is 0.205. The van der Waals surface area contributed by atoms with Gasteiger partial charge in [-0.05, 0) is 61.8 Å². The molecule has 0 saturated carbocycles. The zero-order valence-corrected chi connectivity index (χ0v) is 13.5. The standard InChI is InChI=1S/C16H27NOS/c1-5-19-8-6-7-18-16-12(2)9-15(10-13(16)3)11-14(4)17/h9-10,14H,5-8,11,17H2,1-4H3. The highest BCUT2D eigenvalue weighted by Crippen LogP contribution is 2.25. The molecule has 1 unspecified atom stereocenters. The summed E-state index contributed by atoms with van der Waals surface area (Å²) < 4.78 is 5.93. The largest absolute Gasteiger partial charge is 0.493 e. The predicted molar refractivity (Wildman–Crippen MR) is 86.4 cm³/mol. The third kappa shape index (κ3) is 5.87. The lowest BCUT2D eigenvalue weighted by Crippen LogP contribution is -2.18. The van der Waals surface area contributed by atoms with Gasteiger partial charge in [0.2, 0.25) is 0 Å². The number of rotatable bonds is 8. The molecule has 0 saturated heterocycles. The number of hydrogen-bond donors (Lipinski definition) is 1. The van der Waals surface area contributed by atoms with Crippen LogP contribution in [0.3, 0.4) is 0 Å². The van der Waals surface area contributed by atoms with Crippen molar-refractivity contribution in [1.29, 1.82) is 0 Å². The van der Waals surface area contributed by atoms with E-state index in [0.717, 1.165) is 25.2 Å². The number of nitrogens with two attached hydrogens (primary N) is 1. The normalized spacial score (nSPS) is 12.5. The summed E-state index contributed by atoms with van der Waals surface area (Å²) in [6, 6.07) is 4.61. The lowest BCUT2D eigenvalue weighted by atomic mass is 10.0. The molecule has 1 aromatic carbocycles. The summed E-state index contributed by atoms with van der Waals surface area (Å²) in [6.07, 6.45) is 2.04. The molecule has 0 heterocycles. The molecule has 0 bridgehead atoms. The quantitative estimate of drug-likeness (QED) is 0.738. The molecular weight excluding hydrogens is 254 g/mol. The van der Waals surface area contributed by atoms with Crippen molar-refractivity contribution < 1.29 is 4.74 Å². The Bertz CT molecular complexity index is 367. The molecule has 1 rings (SSSR count). The van der Waals surface area contributed by atoms with Crippen molar-refractivity contribution in [2.24, 2.45) is 5.73 Å². The Morgan fingerprint density at radius 2 is 1.89 bits per heavy atom. The van der Waals surface area contributed by atoms with Crippen LogP contribution in [0.1, 0.15) is 37.0 Å². The van der Waals surface area contributed by atoms with E-state index in [9.17, 15) is 0 Å². The predicted octanol–water partition coefficient (Wildman–Crippen LogP) is 3.72. The maximum Gasteiger partial charge on any atom is 0.125 e. The first-order valence-electron chi connectivity index (χ1n) is 7.10. The molecule has 108 valence electrons. The lowest BCUT2D eigenvalue weighted by Gasteiger charge is -2.15. The van der Waals surface area contributed by atoms with E-state index in [1.54, 1.807) is 0 Å². The first-order chi connectivity index (χ1) is 9.04. The van der Waals surface area contributed by atoms with Gasteiger partial charge in [-0.2, -0.15) is 11.8 Å². The number of ether oxygens (including phenoxy) is 1. The van der Waals surface area contributed by atoms with Crippen molar-refractivity contribution in [1.82, 2.24) is 0 Å². The zero-order chi connectivity index (χ0) is 14.3. The van der Waals surface area contributed by atoms with Crippen LogP contribution in [-0.2, 0) is 6.42 Å². The van der Waals surface area contributed by atoms with Crippen LogP contribution in [0.25, 0.3) is 0 Å². The molecule has 1 aromatic rings. The minimum Gasteiger partial charge on any atom is -0.493 e. The molecule has 0 aliphatic rings. The van der Waals surface area contributed by atoms with Gasteiger partial charge in [0, 0.05) is 6.04 Å². The van der Waals surface area contributed by atoms with Crippen LogP contribution in [0.15, 0.2) is 12.1 Å². The fourth-order valence-electron chi connectivity index (χ4n) is 2.24. The summed E-state index contributed by atoms with van der Waals surface area (Å²) in [6.45, 7) is 9.28. The Kier molecular flexibility index (Phi) is 7.32. The topological polar surface area (TPSA) is 35.2 Å². The average Bonchev–Trinajstić information content (AvgIpc) is 2.31. The van der Waals surface area contributed by atoms with Crippen LogP contribution >= 0.6 is 11.8 Å². The first-order valence-corrected chi connectivity index (χ1v) is 8.26. The smallest absolute Gasteiger partial charge is 0.125 e. The monoisotopic (exact) mass is 281 g/mol. The second-order valence-electron chi connectivity index (χ2n) is 5.14. The van der Waals surface area contributed by atoms with Crippen molar-refractivity contribution in [3.05, 3.63) is 28.8 Å². The van der Waals surface area contributed by atoms with E-state index in [4.69, 9.17) is 10.5 Å². The lowest BCUT2D eigenvalue weighted by molar-refractivity contribution is 0.314. The number of aryl methyl sites for hydroxylation is 2. The molecule has 0 radical (unpaired) electrons. The molecule has 0 spiro atoms. The molecule has 0 aromatic heterocycles.